The van der Waals surface area contributed by atoms with E-state index in [0.29, 0.717) is 0 Å². The van der Waals surface area contributed by atoms with Crippen LogP contribution in [0.15, 0.2) is 53.8 Å². The Morgan fingerprint density at radius 1 is 1.22 bits per heavy atom. The second-order valence-corrected chi connectivity index (χ2v) is 6.21. The monoisotopic (exact) mass is 326 g/mol. The maximum atomic E-state index is 11.5. The van der Waals surface area contributed by atoms with Gasteiger partial charge in [0.25, 0.3) is 0 Å². The van der Waals surface area contributed by atoms with Gasteiger partial charge in [0, 0.05) is 34.6 Å². The summed E-state index contributed by atoms with van der Waals surface area (Å²) in [7, 11) is 0. The van der Waals surface area contributed by atoms with Gasteiger partial charge >= 0.3 is 0 Å². The molecule has 0 saturated heterocycles. The van der Waals surface area contributed by atoms with Crippen LogP contribution in [0.3, 0.4) is 0 Å². The highest BCUT2D eigenvalue weighted by molar-refractivity contribution is 6.31. The first-order valence-electron chi connectivity index (χ1n) is 7.96. The average molecular weight is 327 g/mol. The molecule has 1 aromatic carbocycles. The molecule has 1 saturated carbocycles. The molecular weight excluding hydrogens is 308 g/mol. The summed E-state index contributed by atoms with van der Waals surface area (Å²) < 4.78 is 0. The summed E-state index contributed by atoms with van der Waals surface area (Å²) in [6.45, 7) is 0. The molecule has 2 aromatic rings. The van der Waals surface area contributed by atoms with Gasteiger partial charge in [0.05, 0.1) is 0 Å². The van der Waals surface area contributed by atoms with Crippen molar-refractivity contribution in [1.29, 1.82) is 0 Å². The molecule has 0 spiro atoms. The summed E-state index contributed by atoms with van der Waals surface area (Å²) in [5, 5.41) is 0.774. The number of carbonyl (C=O) groups excluding carboxylic acids is 1. The predicted octanol–water partition coefficient (Wildman–Crippen LogP) is 4.77. The van der Waals surface area contributed by atoms with Crippen molar-refractivity contribution in [3.8, 4) is 0 Å². The van der Waals surface area contributed by atoms with Gasteiger partial charge < -0.3 is 4.79 Å². The van der Waals surface area contributed by atoms with Crippen molar-refractivity contribution in [1.82, 2.24) is 4.98 Å². The van der Waals surface area contributed by atoms with E-state index in [9.17, 15) is 4.79 Å². The van der Waals surface area contributed by atoms with Crippen LogP contribution in [-0.2, 0) is 4.79 Å². The van der Waals surface area contributed by atoms with Crippen molar-refractivity contribution < 1.29 is 4.79 Å². The zero-order valence-electron chi connectivity index (χ0n) is 12.9. The quantitative estimate of drug-likeness (QED) is 0.759. The molecule has 3 rings (SSSR count). The fraction of sp³-hybridized carbons (Fsp3) is 0.316. The lowest BCUT2D eigenvalue weighted by Gasteiger charge is -2.26. The summed E-state index contributed by atoms with van der Waals surface area (Å²) in [5.41, 5.74) is 3.02. The lowest BCUT2D eigenvalue weighted by molar-refractivity contribution is -0.108. The Morgan fingerprint density at radius 2 is 2.09 bits per heavy atom. The fourth-order valence-electron chi connectivity index (χ4n) is 3.16. The summed E-state index contributed by atoms with van der Waals surface area (Å²) >= 11 is 6.38. The highest BCUT2D eigenvalue weighted by atomic mass is 35.5. The Balaban J connectivity index is 1.94. The number of hydrogen-bond donors (Lipinski definition) is 0. The minimum Gasteiger partial charge on any atom is -0.301 e. The number of rotatable bonds is 4. The molecule has 1 fully saturated rings. The molecule has 2 unspecified atom stereocenters. The van der Waals surface area contributed by atoms with Crippen molar-refractivity contribution in [3.63, 3.8) is 0 Å². The zero-order chi connectivity index (χ0) is 16.1. The second kappa shape index (κ2) is 7.51. The molecule has 2 atom stereocenters. The third-order valence-corrected chi connectivity index (χ3v) is 4.66. The maximum absolute atomic E-state index is 11.5. The topological polar surface area (TPSA) is 42.3 Å². The first-order valence-corrected chi connectivity index (χ1v) is 8.33. The highest BCUT2D eigenvalue weighted by Crippen LogP contribution is 2.35. The number of pyridine rings is 1. The van der Waals surface area contributed by atoms with Crippen LogP contribution in [0.1, 0.15) is 48.8 Å². The third kappa shape index (κ3) is 3.67. The highest BCUT2D eigenvalue weighted by Gasteiger charge is 2.25. The molecule has 1 heterocycles. The molecule has 23 heavy (non-hydrogen) atoms. The van der Waals surface area contributed by atoms with E-state index in [2.05, 4.69) is 11.1 Å². The summed E-state index contributed by atoms with van der Waals surface area (Å²) in [6, 6.07) is 11.2. The van der Waals surface area contributed by atoms with Crippen LogP contribution >= 0.6 is 11.6 Å². The molecule has 0 radical (unpaired) electrons. The standard InChI is InChI=1S/C19H19ClN2O/c20-17-9-3-1-7-15(17)16-8-2-4-10-18(16)22-19(13-23)14-6-5-11-21-12-14/h1,3,5-7,9,11-13,16,19H,2,4,8,10H2. The zero-order valence-corrected chi connectivity index (χ0v) is 13.6. The molecule has 0 amide bonds. The van der Waals surface area contributed by atoms with Crippen LogP contribution < -0.4 is 0 Å². The van der Waals surface area contributed by atoms with Gasteiger partial charge in [0.15, 0.2) is 0 Å². The number of carbonyl (C=O) groups is 1. The van der Waals surface area contributed by atoms with Crippen LogP contribution in [0.5, 0.6) is 0 Å². The Hall–Kier alpha value is -2.00. The molecule has 1 aliphatic carbocycles. The van der Waals surface area contributed by atoms with Gasteiger partial charge in [-0.15, -0.1) is 0 Å². The Kier molecular flexibility index (Phi) is 5.19. The first-order chi connectivity index (χ1) is 11.3. The van der Waals surface area contributed by atoms with Gasteiger partial charge in [-0.25, -0.2) is 0 Å². The van der Waals surface area contributed by atoms with E-state index in [1.54, 1.807) is 12.4 Å². The van der Waals surface area contributed by atoms with E-state index >= 15 is 0 Å². The average Bonchev–Trinajstić information content (AvgIpc) is 2.61. The number of halogens is 1. The molecule has 0 aliphatic heterocycles. The molecule has 4 heteroatoms. The first kappa shape index (κ1) is 15.9. The summed E-state index contributed by atoms with van der Waals surface area (Å²) in [4.78, 5) is 20.4. The van der Waals surface area contributed by atoms with Crippen LogP contribution in [0.4, 0.5) is 0 Å². The lowest BCUT2D eigenvalue weighted by atomic mass is 9.82. The van der Waals surface area contributed by atoms with Crippen LogP contribution in [0.25, 0.3) is 0 Å². The number of benzene rings is 1. The minimum absolute atomic E-state index is 0.205. The smallest absolute Gasteiger partial charge is 0.149 e. The van der Waals surface area contributed by atoms with E-state index in [-0.39, 0.29) is 5.92 Å². The Bertz CT molecular complexity index is 700. The molecular formula is C19H19ClN2O. The van der Waals surface area contributed by atoms with E-state index in [4.69, 9.17) is 16.6 Å². The number of hydrogen-bond acceptors (Lipinski definition) is 3. The van der Waals surface area contributed by atoms with Crippen molar-refractivity contribution in [2.75, 3.05) is 0 Å². The largest absolute Gasteiger partial charge is 0.301 e. The number of nitrogens with zero attached hydrogens (tertiary/aromatic N) is 2. The Labute approximate surface area is 141 Å². The van der Waals surface area contributed by atoms with Crippen molar-refractivity contribution in [2.45, 2.75) is 37.6 Å². The maximum Gasteiger partial charge on any atom is 0.149 e. The van der Waals surface area contributed by atoms with Gasteiger partial charge in [-0.1, -0.05) is 42.3 Å². The molecule has 1 aromatic heterocycles. The predicted molar refractivity (Wildman–Crippen MR) is 93.1 cm³/mol. The number of aromatic nitrogens is 1. The van der Waals surface area contributed by atoms with Gasteiger partial charge in [-0.3, -0.25) is 9.98 Å². The number of aliphatic imine (C=N–C) groups is 1. The van der Waals surface area contributed by atoms with Crippen molar-refractivity contribution >= 4 is 23.6 Å². The second-order valence-electron chi connectivity index (χ2n) is 5.81. The summed E-state index contributed by atoms with van der Waals surface area (Å²) in [5.74, 6) is 0.205. The molecule has 0 N–H and O–H groups in total. The van der Waals surface area contributed by atoms with Crippen LogP contribution in [-0.4, -0.2) is 17.0 Å². The fourth-order valence-corrected chi connectivity index (χ4v) is 3.42. The van der Waals surface area contributed by atoms with Gasteiger partial charge in [-0.2, -0.15) is 0 Å². The van der Waals surface area contributed by atoms with Crippen molar-refractivity contribution in [2.24, 2.45) is 4.99 Å². The van der Waals surface area contributed by atoms with Crippen LogP contribution in [0, 0.1) is 0 Å². The normalized spacial score (nSPS) is 21.1. The van der Waals surface area contributed by atoms with Gasteiger partial charge in [-0.05, 0) is 37.0 Å². The molecule has 1 aliphatic rings. The molecule has 3 nitrogen and oxygen atoms in total. The SMILES string of the molecule is O=CC(N=C1CCCCC1c1ccccc1Cl)c1cccnc1. The summed E-state index contributed by atoms with van der Waals surface area (Å²) in [6.07, 6.45) is 8.51. The van der Waals surface area contributed by atoms with Crippen molar-refractivity contribution in [3.05, 3.63) is 64.9 Å². The number of aldehydes is 1. The lowest BCUT2D eigenvalue weighted by Crippen LogP contribution is -2.19. The van der Waals surface area contributed by atoms with Gasteiger partial charge in [0.2, 0.25) is 0 Å². The van der Waals surface area contributed by atoms with E-state index in [1.807, 2.05) is 30.3 Å². The molecule has 118 valence electrons. The minimum atomic E-state index is -0.484. The van der Waals surface area contributed by atoms with E-state index in [0.717, 1.165) is 53.8 Å². The van der Waals surface area contributed by atoms with E-state index < -0.39 is 6.04 Å². The third-order valence-electron chi connectivity index (χ3n) is 4.32. The van der Waals surface area contributed by atoms with Crippen LogP contribution in [0.2, 0.25) is 5.02 Å². The van der Waals surface area contributed by atoms with Gasteiger partial charge in [0.1, 0.15) is 12.3 Å². The van der Waals surface area contributed by atoms with E-state index in [1.165, 1.54) is 0 Å². The molecule has 0 bridgehead atoms. The Morgan fingerprint density at radius 3 is 2.83 bits per heavy atom.